The molecule has 0 spiro atoms. The SMILES string of the molecule is CCCc1ccccc1.OO. The molecule has 1 aromatic rings. The van der Waals surface area contributed by atoms with Crippen LogP contribution < -0.4 is 0 Å². The van der Waals surface area contributed by atoms with Crippen molar-refractivity contribution in [2.45, 2.75) is 19.8 Å². The molecule has 0 saturated carbocycles. The maximum Gasteiger partial charge on any atom is -0.0281 e. The molecule has 11 heavy (non-hydrogen) atoms. The molecule has 0 aliphatic rings. The average molecular weight is 154 g/mol. The van der Waals surface area contributed by atoms with Crippen LogP contribution in [0.15, 0.2) is 30.3 Å². The lowest BCUT2D eigenvalue weighted by Crippen LogP contribution is -1.78. The second-order valence-electron chi connectivity index (χ2n) is 2.24. The van der Waals surface area contributed by atoms with Gasteiger partial charge in [0.2, 0.25) is 0 Å². The number of hydrogen-bond acceptors (Lipinski definition) is 2. The van der Waals surface area contributed by atoms with Gasteiger partial charge in [-0.15, -0.1) is 0 Å². The van der Waals surface area contributed by atoms with E-state index >= 15 is 0 Å². The second-order valence-corrected chi connectivity index (χ2v) is 2.24. The highest BCUT2D eigenvalue weighted by Crippen LogP contribution is 2.00. The Balaban J connectivity index is 0.000000461. The number of aryl methyl sites for hydroxylation is 1. The summed E-state index contributed by atoms with van der Waals surface area (Å²) in [6.07, 6.45) is 2.45. The van der Waals surface area contributed by atoms with Crippen molar-refractivity contribution in [3.8, 4) is 0 Å². The number of hydrogen-bond donors (Lipinski definition) is 2. The lowest BCUT2D eigenvalue weighted by molar-refractivity contribution is -0.176. The summed E-state index contributed by atoms with van der Waals surface area (Å²) in [5.74, 6) is 0. The van der Waals surface area contributed by atoms with E-state index in [9.17, 15) is 0 Å². The van der Waals surface area contributed by atoms with E-state index in [1.807, 2.05) is 0 Å². The van der Waals surface area contributed by atoms with E-state index < -0.39 is 0 Å². The van der Waals surface area contributed by atoms with Crippen LogP contribution in [0.4, 0.5) is 0 Å². The van der Waals surface area contributed by atoms with Gasteiger partial charge in [-0.05, 0) is 12.0 Å². The molecule has 0 fully saturated rings. The molecule has 0 radical (unpaired) electrons. The lowest BCUT2D eigenvalue weighted by Gasteiger charge is -1.93. The van der Waals surface area contributed by atoms with Crippen molar-refractivity contribution in [2.75, 3.05) is 0 Å². The molecule has 0 aliphatic carbocycles. The minimum atomic E-state index is 1.21. The smallest absolute Gasteiger partial charge is 0.0281 e. The molecule has 0 heterocycles. The van der Waals surface area contributed by atoms with E-state index in [1.165, 1.54) is 18.4 Å². The third-order valence-electron chi connectivity index (χ3n) is 1.38. The van der Waals surface area contributed by atoms with E-state index in [4.69, 9.17) is 10.5 Å². The molecule has 2 nitrogen and oxygen atoms in total. The molecule has 1 rings (SSSR count). The van der Waals surface area contributed by atoms with Gasteiger partial charge < -0.3 is 0 Å². The fourth-order valence-electron chi connectivity index (χ4n) is 0.933. The molecule has 0 bridgehead atoms. The van der Waals surface area contributed by atoms with E-state index in [0.717, 1.165) is 0 Å². The number of rotatable bonds is 2. The van der Waals surface area contributed by atoms with E-state index in [0.29, 0.717) is 0 Å². The standard InChI is InChI=1S/C9H12.H2O2/c1-2-6-9-7-4-3-5-8-9;1-2/h3-5,7-8H,2,6H2,1H3;1-2H. The second kappa shape index (κ2) is 7.25. The summed E-state index contributed by atoms with van der Waals surface area (Å²) in [5, 5.41) is 12.0. The number of benzene rings is 1. The Kier molecular flexibility index (Phi) is 6.68. The largest absolute Gasteiger partial charge is 0.255 e. The highest BCUT2D eigenvalue weighted by atomic mass is 17.0. The zero-order valence-corrected chi connectivity index (χ0v) is 6.70. The van der Waals surface area contributed by atoms with Crippen LogP contribution in [0.5, 0.6) is 0 Å². The zero-order chi connectivity index (χ0) is 8.53. The van der Waals surface area contributed by atoms with E-state index in [-0.39, 0.29) is 0 Å². The van der Waals surface area contributed by atoms with Crippen LogP contribution in [0, 0.1) is 0 Å². The monoisotopic (exact) mass is 154 g/mol. The van der Waals surface area contributed by atoms with Crippen LogP contribution in [-0.2, 0) is 6.42 Å². The molecule has 62 valence electrons. The first-order chi connectivity index (χ1) is 5.43. The third-order valence-corrected chi connectivity index (χ3v) is 1.38. The predicted octanol–water partition coefficient (Wildman–Crippen LogP) is 2.66. The Hall–Kier alpha value is -0.860. The van der Waals surface area contributed by atoms with Gasteiger partial charge >= 0.3 is 0 Å². The van der Waals surface area contributed by atoms with Gasteiger partial charge in [-0.2, -0.15) is 0 Å². The van der Waals surface area contributed by atoms with Crippen LogP contribution >= 0.6 is 0 Å². The van der Waals surface area contributed by atoms with Crippen LogP contribution in [0.1, 0.15) is 18.9 Å². The van der Waals surface area contributed by atoms with Crippen molar-refractivity contribution in [2.24, 2.45) is 0 Å². The molecule has 0 saturated heterocycles. The van der Waals surface area contributed by atoms with Gasteiger partial charge in [-0.3, -0.25) is 10.5 Å². The fourth-order valence-corrected chi connectivity index (χ4v) is 0.933. The predicted molar refractivity (Wildman–Crippen MR) is 45.7 cm³/mol. The summed E-state index contributed by atoms with van der Waals surface area (Å²) in [5.41, 5.74) is 1.44. The summed E-state index contributed by atoms with van der Waals surface area (Å²) in [6.45, 7) is 2.20. The van der Waals surface area contributed by atoms with Gasteiger partial charge in [0.25, 0.3) is 0 Å². The first-order valence-corrected chi connectivity index (χ1v) is 3.67. The third kappa shape index (κ3) is 4.53. The summed E-state index contributed by atoms with van der Waals surface area (Å²) < 4.78 is 0. The molecule has 0 aromatic heterocycles. The van der Waals surface area contributed by atoms with Crippen molar-refractivity contribution in [3.63, 3.8) is 0 Å². The van der Waals surface area contributed by atoms with Gasteiger partial charge in [0.1, 0.15) is 0 Å². The quantitative estimate of drug-likeness (QED) is 0.508. The molecule has 0 unspecified atom stereocenters. The first-order valence-electron chi connectivity index (χ1n) is 3.67. The summed E-state index contributed by atoms with van der Waals surface area (Å²) in [6, 6.07) is 10.6. The van der Waals surface area contributed by atoms with Crippen molar-refractivity contribution in [3.05, 3.63) is 35.9 Å². The summed E-state index contributed by atoms with van der Waals surface area (Å²) in [4.78, 5) is 0. The van der Waals surface area contributed by atoms with Gasteiger partial charge in [-0.1, -0.05) is 43.7 Å². The van der Waals surface area contributed by atoms with Crippen LogP contribution in [0.3, 0.4) is 0 Å². The van der Waals surface area contributed by atoms with Gasteiger partial charge in [0.15, 0.2) is 0 Å². The molecule has 0 aliphatic heterocycles. The minimum Gasteiger partial charge on any atom is -0.255 e. The average Bonchev–Trinajstić information content (AvgIpc) is 2.11. The molecule has 2 N–H and O–H groups in total. The Morgan fingerprint density at radius 2 is 1.64 bits per heavy atom. The van der Waals surface area contributed by atoms with Gasteiger partial charge in [0.05, 0.1) is 0 Å². The molecule has 2 heteroatoms. The highest BCUT2D eigenvalue weighted by molar-refractivity contribution is 5.14. The fraction of sp³-hybridized carbons (Fsp3) is 0.333. The normalized spacial score (nSPS) is 8.27. The van der Waals surface area contributed by atoms with E-state index in [1.54, 1.807) is 0 Å². The first kappa shape index (κ1) is 10.1. The van der Waals surface area contributed by atoms with Crippen molar-refractivity contribution in [1.82, 2.24) is 0 Å². The molecule has 0 amide bonds. The Bertz CT molecular complexity index is 160. The van der Waals surface area contributed by atoms with Crippen LogP contribution in [0.25, 0.3) is 0 Å². The Morgan fingerprint density at radius 3 is 2.09 bits per heavy atom. The van der Waals surface area contributed by atoms with Crippen LogP contribution in [0.2, 0.25) is 0 Å². The molecular weight excluding hydrogens is 140 g/mol. The highest BCUT2D eigenvalue weighted by Gasteiger charge is 1.84. The zero-order valence-electron chi connectivity index (χ0n) is 6.70. The Labute approximate surface area is 67.0 Å². The minimum absolute atomic E-state index is 1.21. The molecule has 0 atom stereocenters. The molecular formula is C9H14O2. The lowest BCUT2D eigenvalue weighted by atomic mass is 10.1. The maximum atomic E-state index is 6.00. The van der Waals surface area contributed by atoms with Crippen molar-refractivity contribution in [1.29, 1.82) is 0 Å². The maximum absolute atomic E-state index is 6.00. The Morgan fingerprint density at radius 1 is 1.09 bits per heavy atom. The van der Waals surface area contributed by atoms with Gasteiger partial charge in [-0.25, -0.2) is 0 Å². The molecule has 1 aromatic carbocycles. The summed E-state index contributed by atoms with van der Waals surface area (Å²) >= 11 is 0. The van der Waals surface area contributed by atoms with E-state index in [2.05, 4.69) is 37.3 Å². The topological polar surface area (TPSA) is 40.5 Å². The van der Waals surface area contributed by atoms with Crippen molar-refractivity contribution < 1.29 is 10.5 Å². The van der Waals surface area contributed by atoms with Crippen molar-refractivity contribution >= 4 is 0 Å². The van der Waals surface area contributed by atoms with Gasteiger partial charge in [0, 0.05) is 0 Å². The summed E-state index contributed by atoms with van der Waals surface area (Å²) in [7, 11) is 0. The van der Waals surface area contributed by atoms with Crippen LogP contribution in [-0.4, -0.2) is 10.5 Å².